The van der Waals surface area contributed by atoms with Gasteiger partial charge < -0.3 is 0 Å². The van der Waals surface area contributed by atoms with Crippen molar-refractivity contribution in [3.8, 4) is 17.1 Å². The van der Waals surface area contributed by atoms with Crippen molar-refractivity contribution < 1.29 is 0 Å². The second-order valence-electron chi connectivity index (χ2n) is 8.00. The van der Waals surface area contributed by atoms with Crippen LogP contribution in [0.4, 0.5) is 0 Å². The average Bonchev–Trinajstić information content (AvgIpc) is 3.27. The summed E-state index contributed by atoms with van der Waals surface area (Å²) in [5, 5.41) is 4.84. The summed E-state index contributed by atoms with van der Waals surface area (Å²) < 4.78 is 1.94. The van der Waals surface area contributed by atoms with Crippen molar-refractivity contribution in [1.82, 2.24) is 14.8 Å². The minimum absolute atomic E-state index is 0.625. The molecule has 1 aromatic heterocycles. The SMILES string of the molecule is CC/C(=C\C=C(/C)c1nc(-c2ccccc2)nn1-c1ccccc1)C1=CCC(C)C=C1. The molecule has 1 aliphatic rings. The molecule has 0 bridgehead atoms. The molecule has 3 nitrogen and oxygen atoms in total. The van der Waals surface area contributed by atoms with Crippen LogP contribution < -0.4 is 0 Å². The summed E-state index contributed by atoms with van der Waals surface area (Å²) in [6.45, 7) is 6.57. The van der Waals surface area contributed by atoms with Crippen LogP contribution in [0.3, 0.4) is 0 Å². The summed E-state index contributed by atoms with van der Waals surface area (Å²) in [5.41, 5.74) is 5.78. The van der Waals surface area contributed by atoms with Crippen LogP contribution in [0.1, 0.15) is 39.4 Å². The van der Waals surface area contributed by atoms with E-state index in [0.717, 1.165) is 41.3 Å². The quantitative estimate of drug-likeness (QED) is 0.405. The van der Waals surface area contributed by atoms with Crippen molar-refractivity contribution >= 4 is 5.57 Å². The van der Waals surface area contributed by atoms with Gasteiger partial charge in [-0.25, -0.2) is 9.67 Å². The van der Waals surface area contributed by atoms with E-state index in [4.69, 9.17) is 10.1 Å². The van der Waals surface area contributed by atoms with Gasteiger partial charge in [-0.1, -0.05) is 92.8 Å². The maximum absolute atomic E-state index is 4.91. The van der Waals surface area contributed by atoms with Crippen LogP contribution >= 0.6 is 0 Å². The molecule has 3 aromatic rings. The summed E-state index contributed by atoms with van der Waals surface area (Å²) in [6.07, 6.45) is 13.4. The van der Waals surface area contributed by atoms with E-state index in [-0.39, 0.29) is 0 Å². The van der Waals surface area contributed by atoms with Gasteiger partial charge in [-0.3, -0.25) is 0 Å². The maximum atomic E-state index is 4.91. The molecule has 2 aromatic carbocycles. The predicted molar refractivity (Wildman–Crippen MR) is 130 cm³/mol. The van der Waals surface area contributed by atoms with Crippen LogP contribution in [0, 0.1) is 5.92 Å². The van der Waals surface area contributed by atoms with Crippen LogP contribution in [-0.4, -0.2) is 14.8 Å². The van der Waals surface area contributed by atoms with Crippen molar-refractivity contribution in [3.63, 3.8) is 0 Å². The number of allylic oxidation sites excluding steroid dienone is 8. The third-order valence-corrected chi connectivity index (χ3v) is 5.59. The van der Waals surface area contributed by atoms with Gasteiger partial charge in [0, 0.05) is 5.56 Å². The molecule has 0 aliphatic heterocycles. The van der Waals surface area contributed by atoms with E-state index in [1.54, 1.807) is 0 Å². The first-order valence-electron chi connectivity index (χ1n) is 11.0. The lowest BCUT2D eigenvalue weighted by atomic mass is 9.92. The maximum Gasteiger partial charge on any atom is 0.182 e. The van der Waals surface area contributed by atoms with Crippen molar-refractivity contribution in [3.05, 3.63) is 108 Å². The predicted octanol–water partition coefficient (Wildman–Crippen LogP) is 7.20. The second-order valence-corrected chi connectivity index (χ2v) is 8.00. The Morgan fingerprint density at radius 2 is 1.74 bits per heavy atom. The Kier molecular flexibility index (Phi) is 6.42. The van der Waals surface area contributed by atoms with E-state index in [1.807, 2.05) is 53.2 Å². The molecular formula is C28H29N3. The molecule has 1 unspecified atom stereocenters. The zero-order chi connectivity index (χ0) is 21.6. The molecule has 1 aliphatic carbocycles. The average molecular weight is 408 g/mol. The smallest absolute Gasteiger partial charge is 0.182 e. The third kappa shape index (κ3) is 4.83. The van der Waals surface area contributed by atoms with E-state index < -0.39 is 0 Å². The van der Waals surface area contributed by atoms with E-state index in [1.165, 1.54) is 11.1 Å². The highest BCUT2D eigenvalue weighted by molar-refractivity contribution is 5.65. The summed E-state index contributed by atoms with van der Waals surface area (Å²) in [5.74, 6) is 2.22. The fourth-order valence-corrected chi connectivity index (χ4v) is 3.71. The lowest BCUT2D eigenvalue weighted by molar-refractivity contribution is 0.731. The monoisotopic (exact) mass is 407 g/mol. The highest BCUT2D eigenvalue weighted by atomic mass is 15.4. The fraction of sp³-hybridized carbons (Fsp3) is 0.214. The molecule has 4 rings (SSSR count). The van der Waals surface area contributed by atoms with Gasteiger partial charge in [0.25, 0.3) is 0 Å². The standard InChI is InChI=1S/C28H29N3/c1-4-23(24-18-15-21(2)16-19-24)20-17-22(3)28-29-27(25-11-7-5-8-12-25)30-31(28)26-13-9-6-10-14-26/h5-15,17-21H,4,16H2,1-3H3/b22-17+,23-20+. The highest BCUT2D eigenvalue weighted by Gasteiger charge is 2.14. The fourth-order valence-electron chi connectivity index (χ4n) is 3.71. The van der Waals surface area contributed by atoms with Crippen molar-refractivity contribution in [2.75, 3.05) is 0 Å². The summed E-state index contributed by atoms with van der Waals surface area (Å²) >= 11 is 0. The molecule has 0 radical (unpaired) electrons. The van der Waals surface area contributed by atoms with Crippen LogP contribution in [0.15, 0.2) is 102 Å². The summed E-state index contributed by atoms with van der Waals surface area (Å²) in [7, 11) is 0. The molecule has 156 valence electrons. The van der Waals surface area contributed by atoms with Crippen LogP contribution in [-0.2, 0) is 0 Å². The number of para-hydroxylation sites is 1. The molecule has 0 fully saturated rings. The Bertz CT molecular complexity index is 1150. The van der Waals surface area contributed by atoms with Crippen LogP contribution in [0.25, 0.3) is 22.6 Å². The van der Waals surface area contributed by atoms with Gasteiger partial charge in [-0.05, 0) is 54.5 Å². The molecule has 1 heterocycles. The lowest BCUT2D eigenvalue weighted by Crippen LogP contribution is -2.01. The number of hydrogen-bond donors (Lipinski definition) is 0. The van der Waals surface area contributed by atoms with Crippen molar-refractivity contribution in [1.29, 1.82) is 0 Å². The van der Waals surface area contributed by atoms with E-state index in [9.17, 15) is 0 Å². The third-order valence-electron chi connectivity index (χ3n) is 5.59. The Labute approximate surface area is 185 Å². The van der Waals surface area contributed by atoms with Gasteiger partial charge in [0.1, 0.15) is 0 Å². The first-order chi connectivity index (χ1) is 15.2. The van der Waals surface area contributed by atoms with Gasteiger partial charge in [0.15, 0.2) is 11.6 Å². The minimum Gasteiger partial charge on any atom is -0.213 e. The van der Waals surface area contributed by atoms with Gasteiger partial charge in [0.2, 0.25) is 0 Å². The Balaban J connectivity index is 1.73. The van der Waals surface area contributed by atoms with Crippen molar-refractivity contribution in [2.24, 2.45) is 5.92 Å². The van der Waals surface area contributed by atoms with Gasteiger partial charge in [-0.15, -0.1) is 5.10 Å². The molecule has 0 saturated heterocycles. The topological polar surface area (TPSA) is 30.7 Å². The van der Waals surface area contributed by atoms with E-state index >= 15 is 0 Å². The van der Waals surface area contributed by atoms with Gasteiger partial charge in [-0.2, -0.15) is 0 Å². The number of benzene rings is 2. The molecule has 1 atom stereocenters. The Hall–Kier alpha value is -3.46. The number of aromatic nitrogens is 3. The van der Waals surface area contributed by atoms with Gasteiger partial charge >= 0.3 is 0 Å². The first-order valence-corrected chi connectivity index (χ1v) is 11.0. The van der Waals surface area contributed by atoms with Crippen molar-refractivity contribution in [2.45, 2.75) is 33.6 Å². The number of nitrogens with zero attached hydrogens (tertiary/aromatic N) is 3. The number of rotatable bonds is 6. The molecule has 0 spiro atoms. The highest BCUT2D eigenvalue weighted by Crippen LogP contribution is 2.26. The Morgan fingerprint density at radius 1 is 1.03 bits per heavy atom. The molecule has 0 saturated carbocycles. The molecule has 31 heavy (non-hydrogen) atoms. The normalized spacial score (nSPS) is 17.0. The van der Waals surface area contributed by atoms with Crippen LogP contribution in [0.2, 0.25) is 0 Å². The Morgan fingerprint density at radius 3 is 2.39 bits per heavy atom. The zero-order valence-corrected chi connectivity index (χ0v) is 18.5. The summed E-state index contributed by atoms with van der Waals surface area (Å²) in [6, 6.07) is 20.3. The first kappa shape index (κ1) is 20.8. The van der Waals surface area contributed by atoms with E-state index in [2.05, 4.69) is 63.3 Å². The molecule has 0 amide bonds. The minimum atomic E-state index is 0.625. The summed E-state index contributed by atoms with van der Waals surface area (Å²) in [4.78, 5) is 4.91. The molecule has 3 heteroatoms. The van der Waals surface area contributed by atoms with Crippen LogP contribution in [0.5, 0.6) is 0 Å². The lowest BCUT2D eigenvalue weighted by Gasteiger charge is -2.13. The molecule has 0 N–H and O–H groups in total. The molecular weight excluding hydrogens is 378 g/mol. The van der Waals surface area contributed by atoms with E-state index in [0.29, 0.717) is 5.92 Å². The largest absolute Gasteiger partial charge is 0.213 e. The zero-order valence-electron chi connectivity index (χ0n) is 18.5. The second kappa shape index (κ2) is 9.57. The van der Waals surface area contributed by atoms with Gasteiger partial charge in [0.05, 0.1) is 5.69 Å². The number of hydrogen-bond acceptors (Lipinski definition) is 2.